The highest BCUT2D eigenvalue weighted by atomic mass is 19.1. The van der Waals surface area contributed by atoms with Crippen LogP contribution in [0.15, 0.2) is 30.5 Å². The molecule has 0 aliphatic heterocycles. The van der Waals surface area contributed by atoms with E-state index in [9.17, 15) is 4.39 Å². The topological polar surface area (TPSA) is 86.8 Å². The van der Waals surface area contributed by atoms with Gasteiger partial charge in [-0.25, -0.2) is 14.4 Å². The normalized spacial score (nSPS) is 10.9. The molecule has 0 unspecified atom stereocenters. The molecule has 0 saturated heterocycles. The number of aromatic nitrogens is 4. The molecule has 0 bridgehead atoms. The van der Waals surface area contributed by atoms with Gasteiger partial charge in [-0.15, -0.1) is 0 Å². The van der Waals surface area contributed by atoms with Crippen molar-refractivity contribution in [2.75, 3.05) is 12.3 Å². The Morgan fingerprint density at radius 2 is 1.91 bits per heavy atom. The van der Waals surface area contributed by atoms with Gasteiger partial charge in [-0.3, -0.25) is 0 Å². The Kier molecular flexibility index (Phi) is 4.27. The van der Waals surface area contributed by atoms with E-state index in [1.54, 1.807) is 18.3 Å². The predicted molar refractivity (Wildman–Crippen MR) is 85.3 cm³/mol. The molecule has 0 saturated carbocycles. The zero-order chi connectivity index (χ0) is 16.2. The number of nitrogens with two attached hydrogens (primary N) is 1. The fourth-order valence-corrected chi connectivity index (χ4v) is 2.07. The lowest BCUT2D eigenvalue weighted by Crippen LogP contribution is -2.05. The van der Waals surface area contributed by atoms with Crippen LogP contribution in [-0.2, 0) is 0 Å². The zero-order valence-electron chi connectivity index (χ0n) is 12.7. The van der Waals surface area contributed by atoms with E-state index < -0.39 is 0 Å². The van der Waals surface area contributed by atoms with Crippen LogP contribution in [0.25, 0.3) is 22.4 Å². The molecule has 2 N–H and O–H groups in total. The fourth-order valence-electron chi connectivity index (χ4n) is 2.07. The summed E-state index contributed by atoms with van der Waals surface area (Å²) in [5, 5.41) is 0. The summed E-state index contributed by atoms with van der Waals surface area (Å²) in [5.74, 6) is 0.104. The lowest BCUT2D eigenvalue weighted by Gasteiger charge is -2.08. The first-order valence-electron chi connectivity index (χ1n) is 7.36. The molecule has 0 radical (unpaired) electrons. The molecule has 0 spiro atoms. The predicted octanol–water partition coefficient (Wildman–Crippen LogP) is 2.99. The molecule has 6 nitrogen and oxygen atoms in total. The molecule has 0 atom stereocenters. The summed E-state index contributed by atoms with van der Waals surface area (Å²) in [4.78, 5) is 16.9. The van der Waals surface area contributed by atoms with Crippen molar-refractivity contribution in [2.45, 2.75) is 19.8 Å². The van der Waals surface area contributed by atoms with Crippen molar-refractivity contribution in [3.05, 3.63) is 36.3 Å². The number of fused-ring (bicyclic) bond motifs is 1. The highest BCUT2D eigenvalue weighted by Crippen LogP contribution is 2.24. The zero-order valence-corrected chi connectivity index (χ0v) is 12.7. The van der Waals surface area contributed by atoms with E-state index in [4.69, 9.17) is 10.5 Å². The second-order valence-electron chi connectivity index (χ2n) is 5.02. The average Bonchev–Trinajstić information content (AvgIpc) is 2.55. The van der Waals surface area contributed by atoms with Gasteiger partial charge in [-0.05, 0) is 30.7 Å². The molecule has 0 fully saturated rings. The van der Waals surface area contributed by atoms with E-state index in [0.29, 0.717) is 29.3 Å². The summed E-state index contributed by atoms with van der Waals surface area (Å²) >= 11 is 0. The number of hydrogen-bond donors (Lipinski definition) is 1. The number of benzene rings is 1. The monoisotopic (exact) mass is 313 g/mol. The maximum atomic E-state index is 13.0. The first-order valence-corrected chi connectivity index (χ1v) is 7.36. The van der Waals surface area contributed by atoms with Crippen molar-refractivity contribution in [1.82, 2.24) is 19.9 Å². The molecule has 7 heteroatoms. The summed E-state index contributed by atoms with van der Waals surface area (Å²) in [6.45, 7) is 2.59. The third-order valence-electron chi connectivity index (χ3n) is 3.27. The minimum absolute atomic E-state index is 0.0906. The van der Waals surface area contributed by atoms with Crippen molar-refractivity contribution in [1.29, 1.82) is 0 Å². The van der Waals surface area contributed by atoms with Gasteiger partial charge in [0.1, 0.15) is 5.82 Å². The van der Waals surface area contributed by atoms with Crippen LogP contribution >= 0.6 is 0 Å². The van der Waals surface area contributed by atoms with E-state index in [1.165, 1.54) is 12.1 Å². The Labute approximate surface area is 132 Å². The van der Waals surface area contributed by atoms with Gasteiger partial charge >= 0.3 is 0 Å². The summed E-state index contributed by atoms with van der Waals surface area (Å²) in [7, 11) is 0. The molecule has 2 heterocycles. The maximum Gasteiger partial charge on any atom is 0.247 e. The Balaban J connectivity index is 2.04. The molecule has 2 aromatic heterocycles. The van der Waals surface area contributed by atoms with Crippen LogP contribution in [0.3, 0.4) is 0 Å². The molecular formula is C16H16FN5O. The highest BCUT2D eigenvalue weighted by Gasteiger charge is 2.12. The van der Waals surface area contributed by atoms with E-state index in [0.717, 1.165) is 18.4 Å². The molecule has 0 aliphatic carbocycles. The number of halogens is 1. The van der Waals surface area contributed by atoms with Crippen LogP contribution in [0.2, 0.25) is 0 Å². The van der Waals surface area contributed by atoms with E-state index in [-0.39, 0.29) is 11.8 Å². The Hall–Kier alpha value is -2.83. The van der Waals surface area contributed by atoms with Gasteiger partial charge < -0.3 is 10.5 Å². The number of unbranched alkanes of at least 4 members (excludes halogenated alkanes) is 1. The first kappa shape index (κ1) is 15.1. The summed E-state index contributed by atoms with van der Waals surface area (Å²) in [6.07, 6.45) is 3.47. The van der Waals surface area contributed by atoms with Crippen LogP contribution in [0.5, 0.6) is 5.88 Å². The van der Waals surface area contributed by atoms with Crippen molar-refractivity contribution in [3.63, 3.8) is 0 Å². The number of rotatable bonds is 5. The van der Waals surface area contributed by atoms with Gasteiger partial charge in [-0.1, -0.05) is 13.3 Å². The molecule has 0 aliphatic rings. The van der Waals surface area contributed by atoms with Gasteiger partial charge in [0.2, 0.25) is 11.8 Å². The van der Waals surface area contributed by atoms with Crippen LogP contribution in [0, 0.1) is 5.82 Å². The minimum atomic E-state index is -0.304. The number of hydrogen-bond acceptors (Lipinski definition) is 6. The Morgan fingerprint density at radius 1 is 1.13 bits per heavy atom. The number of anilines is 1. The smallest absolute Gasteiger partial charge is 0.247 e. The quantitative estimate of drug-likeness (QED) is 0.729. The fraction of sp³-hybridized carbons (Fsp3) is 0.250. The van der Waals surface area contributed by atoms with Crippen molar-refractivity contribution in [3.8, 4) is 17.1 Å². The average molecular weight is 313 g/mol. The van der Waals surface area contributed by atoms with Gasteiger partial charge in [0.05, 0.1) is 18.5 Å². The molecule has 3 aromatic rings. The van der Waals surface area contributed by atoms with Crippen LogP contribution in [-0.4, -0.2) is 26.5 Å². The van der Waals surface area contributed by atoms with Crippen molar-refractivity contribution >= 4 is 17.1 Å². The van der Waals surface area contributed by atoms with Gasteiger partial charge in [-0.2, -0.15) is 9.97 Å². The van der Waals surface area contributed by atoms with Crippen molar-refractivity contribution in [2.24, 2.45) is 0 Å². The van der Waals surface area contributed by atoms with Gasteiger partial charge in [0, 0.05) is 5.56 Å². The SMILES string of the molecule is CCCCOc1nc(N)nc2ncc(-c3ccc(F)cc3)nc12. The molecule has 23 heavy (non-hydrogen) atoms. The third kappa shape index (κ3) is 3.33. The minimum Gasteiger partial charge on any atom is -0.476 e. The molecular weight excluding hydrogens is 297 g/mol. The van der Waals surface area contributed by atoms with Crippen molar-refractivity contribution < 1.29 is 9.13 Å². The summed E-state index contributed by atoms with van der Waals surface area (Å²) in [5.41, 5.74) is 7.83. The van der Waals surface area contributed by atoms with E-state index in [2.05, 4.69) is 26.9 Å². The molecule has 118 valence electrons. The van der Waals surface area contributed by atoms with Crippen LogP contribution in [0.4, 0.5) is 10.3 Å². The number of nitrogens with zero attached hydrogens (tertiary/aromatic N) is 4. The lowest BCUT2D eigenvalue weighted by atomic mass is 10.1. The standard InChI is InChI=1S/C16H16FN5O/c1-2-3-8-23-15-13-14(21-16(18)22-15)19-9-12(20-13)10-4-6-11(17)7-5-10/h4-7,9H,2-3,8H2,1H3,(H2,18,19,21,22). The maximum absolute atomic E-state index is 13.0. The van der Waals surface area contributed by atoms with Gasteiger partial charge in [0.15, 0.2) is 11.2 Å². The van der Waals surface area contributed by atoms with E-state index >= 15 is 0 Å². The molecule has 0 amide bonds. The third-order valence-corrected chi connectivity index (χ3v) is 3.27. The molecule has 3 rings (SSSR count). The molecule has 1 aromatic carbocycles. The Morgan fingerprint density at radius 3 is 2.65 bits per heavy atom. The van der Waals surface area contributed by atoms with Crippen LogP contribution < -0.4 is 10.5 Å². The first-order chi connectivity index (χ1) is 11.2. The second-order valence-corrected chi connectivity index (χ2v) is 5.02. The largest absolute Gasteiger partial charge is 0.476 e. The summed E-state index contributed by atoms with van der Waals surface area (Å²) < 4.78 is 18.7. The number of ether oxygens (including phenoxy) is 1. The summed E-state index contributed by atoms with van der Waals surface area (Å²) in [6, 6.07) is 6.03. The number of nitrogen functional groups attached to an aromatic ring is 1. The van der Waals surface area contributed by atoms with Gasteiger partial charge in [0.25, 0.3) is 0 Å². The highest BCUT2D eigenvalue weighted by molar-refractivity contribution is 5.79. The lowest BCUT2D eigenvalue weighted by molar-refractivity contribution is 0.301. The van der Waals surface area contributed by atoms with Crippen LogP contribution in [0.1, 0.15) is 19.8 Å². The van der Waals surface area contributed by atoms with E-state index in [1.807, 2.05) is 0 Å². The Bertz CT molecular complexity index is 823. The second kappa shape index (κ2) is 6.51.